The lowest BCUT2D eigenvalue weighted by Gasteiger charge is -2.20. The van der Waals surface area contributed by atoms with Crippen molar-refractivity contribution in [1.29, 1.82) is 0 Å². The summed E-state index contributed by atoms with van der Waals surface area (Å²) in [4.78, 5) is 6.57. The summed E-state index contributed by atoms with van der Waals surface area (Å²) in [5, 5.41) is 0.709. The maximum atomic E-state index is 6.14. The van der Waals surface area contributed by atoms with Gasteiger partial charge >= 0.3 is 0 Å². The molecule has 138 valence electrons. The lowest BCUT2D eigenvalue weighted by molar-refractivity contribution is 0.365. The van der Waals surface area contributed by atoms with E-state index in [1.54, 1.807) is 0 Å². The molecule has 0 saturated heterocycles. The van der Waals surface area contributed by atoms with Crippen molar-refractivity contribution in [3.05, 3.63) is 82.4 Å². The van der Waals surface area contributed by atoms with Crippen molar-refractivity contribution >= 4 is 23.3 Å². The van der Waals surface area contributed by atoms with Crippen LogP contribution in [0.1, 0.15) is 22.4 Å². The number of aromatic nitrogens is 2. The van der Waals surface area contributed by atoms with Crippen LogP contribution in [0.3, 0.4) is 0 Å². The molecule has 2 heterocycles. The van der Waals surface area contributed by atoms with Gasteiger partial charge in [-0.15, -0.1) is 0 Å². The summed E-state index contributed by atoms with van der Waals surface area (Å²) in [6.45, 7) is 2.22. The van der Waals surface area contributed by atoms with E-state index < -0.39 is 0 Å². The molecule has 4 rings (SSSR count). The van der Waals surface area contributed by atoms with Crippen LogP contribution in [0.2, 0.25) is 5.02 Å². The first-order chi connectivity index (χ1) is 13.1. The Morgan fingerprint density at radius 2 is 1.96 bits per heavy atom. The fourth-order valence-electron chi connectivity index (χ4n) is 3.40. The number of nitrogens with zero attached hydrogens (tertiary/aromatic N) is 3. The molecular formula is C22H22ClN3O. The van der Waals surface area contributed by atoms with Crippen molar-refractivity contribution < 1.29 is 4.74 Å². The van der Waals surface area contributed by atoms with E-state index in [1.165, 1.54) is 11.1 Å². The highest BCUT2D eigenvalue weighted by Crippen LogP contribution is 2.32. The molecule has 0 fully saturated rings. The molecule has 2 aromatic carbocycles. The van der Waals surface area contributed by atoms with Crippen molar-refractivity contribution in [2.24, 2.45) is 0 Å². The van der Waals surface area contributed by atoms with E-state index in [1.807, 2.05) is 30.7 Å². The second kappa shape index (κ2) is 7.59. The van der Waals surface area contributed by atoms with Gasteiger partial charge in [-0.25, -0.2) is 4.98 Å². The highest BCUT2D eigenvalue weighted by Gasteiger charge is 2.17. The van der Waals surface area contributed by atoms with Gasteiger partial charge in [0.1, 0.15) is 12.4 Å². The Kier molecular flexibility index (Phi) is 5.01. The average molecular weight is 380 g/mol. The van der Waals surface area contributed by atoms with Crippen LogP contribution in [0.25, 0.3) is 11.6 Å². The fourth-order valence-corrected chi connectivity index (χ4v) is 3.58. The summed E-state index contributed by atoms with van der Waals surface area (Å²) in [5.74, 6) is 0.866. The van der Waals surface area contributed by atoms with E-state index in [0.29, 0.717) is 11.6 Å². The van der Waals surface area contributed by atoms with Gasteiger partial charge in [0.15, 0.2) is 0 Å². The molecule has 1 aromatic heterocycles. The number of hydrogen-bond acceptors (Lipinski definition) is 3. The van der Waals surface area contributed by atoms with E-state index in [0.717, 1.165) is 35.7 Å². The predicted molar refractivity (Wildman–Crippen MR) is 110 cm³/mol. The molecule has 1 aliphatic rings. The summed E-state index contributed by atoms with van der Waals surface area (Å²) >= 11 is 6.14. The Morgan fingerprint density at radius 1 is 1.15 bits per heavy atom. The van der Waals surface area contributed by atoms with Crippen LogP contribution >= 0.6 is 11.6 Å². The number of benzene rings is 2. The van der Waals surface area contributed by atoms with E-state index >= 15 is 0 Å². The van der Waals surface area contributed by atoms with E-state index in [4.69, 9.17) is 16.3 Å². The third-order valence-corrected chi connectivity index (χ3v) is 4.91. The number of imidazole rings is 1. The number of halogens is 1. The second-order valence-corrected chi connectivity index (χ2v) is 7.49. The summed E-state index contributed by atoms with van der Waals surface area (Å²) in [6.07, 6.45) is 5.93. The van der Waals surface area contributed by atoms with Crippen LogP contribution in [0.5, 0.6) is 5.75 Å². The quantitative estimate of drug-likeness (QED) is 0.650. The molecule has 27 heavy (non-hydrogen) atoms. The molecular weight excluding hydrogens is 358 g/mol. The smallest absolute Gasteiger partial charge is 0.127 e. The minimum Gasteiger partial charge on any atom is -0.488 e. The SMILES string of the molecule is CN(C)Cc1ccccc1Cn1cncc1C1=Cc2cc(Cl)ccc2OC1. The van der Waals surface area contributed by atoms with E-state index in [-0.39, 0.29) is 0 Å². The van der Waals surface area contributed by atoms with Crippen LogP contribution < -0.4 is 4.74 Å². The molecule has 0 atom stereocenters. The van der Waals surface area contributed by atoms with Crippen molar-refractivity contribution in [3.63, 3.8) is 0 Å². The van der Waals surface area contributed by atoms with Crippen molar-refractivity contribution in [1.82, 2.24) is 14.5 Å². The zero-order valence-electron chi connectivity index (χ0n) is 15.5. The zero-order chi connectivity index (χ0) is 18.8. The molecule has 0 spiro atoms. The van der Waals surface area contributed by atoms with Gasteiger partial charge in [-0.2, -0.15) is 0 Å². The Labute approximate surface area is 164 Å². The summed E-state index contributed by atoms with van der Waals surface area (Å²) < 4.78 is 8.10. The first-order valence-corrected chi connectivity index (χ1v) is 9.33. The van der Waals surface area contributed by atoms with Gasteiger partial charge in [0.25, 0.3) is 0 Å². The first-order valence-electron chi connectivity index (χ1n) is 8.95. The van der Waals surface area contributed by atoms with Gasteiger partial charge in [-0.05, 0) is 49.5 Å². The Bertz CT molecular complexity index is 991. The van der Waals surface area contributed by atoms with Crippen LogP contribution in [0.4, 0.5) is 0 Å². The van der Waals surface area contributed by atoms with Gasteiger partial charge in [0.2, 0.25) is 0 Å². The summed E-state index contributed by atoms with van der Waals surface area (Å²) in [5.41, 5.74) is 5.80. The number of hydrogen-bond donors (Lipinski definition) is 0. The molecule has 0 aliphatic carbocycles. The Balaban J connectivity index is 1.65. The van der Waals surface area contributed by atoms with Crippen molar-refractivity contribution in [3.8, 4) is 5.75 Å². The third-order valence-electron chi connectivity index (χ3n) is 4.67. The van der Waals surface area contributed by atoms with Crippen LogP contribution in [-0.2, 0) is 13.1 Å². The molecule has 0 bridgehead atoms. The number of ether oxygens (including phenoxy) is 1. The standard InChI is InChI=1S/C22H22ClN3O/c1-25(2)12-16-5-3-4-6-17(16)13-26-15-24-11-21(26)19-9-18-10-20(23)7-8-22(18)27-14-19/h3-11,15H,12-14H2,1-2H3. The third kappa shape index (κ3) is 3.92. The Morgan fingerprint density at radius 3 is 2.78 bits per heavy atom. The highest BCUT2D eigenvalue weighted by molar-refractivity contribution is 6.30. The topological polar surface area (TPSA) is 30.3 Å². The van der Waals surface area contributed by atoms with Crippen molar-refractivity contribution in [2.75, 3.05) is 20.7 Å². The number of fused-ring (bicyclic) bond motifs is 1. The van der Waals surface area contributed by atoms with Crippen LogP contribution in [-0.4, -0.2) is 35.2 Å². The molecule has 0 radical (unpaired) electrons. The zero-order valence-corrected chi connectivity index (χ0v) is 16.3. The van der Waals surface area contributed by atoms with E-state index in [2.05, 4.69) is 58.9 Å². The molecule has 0 saturated carbocycles. The highest BCUT2D eigenvalue weighted by atomic mass is 35.5. The van der Waals surface area contributed by atoms with Gasteiger partial charge in [0, 0.05) is 29.2 Å². The number of rotatable bonds is 5. The van der Waals surface area contributed by atoms with Gasteiger partial charge in [0.05, 0.1) is 18.2 Å². The van der Waals surface area contributed by atoms with Gasteiger partial charge in [-0.1, -0.05) is 35.9 Å². The maximum Gasteiger partial charge on any atom is 0.127 e. The lowest BCUT2D eigenvalue weighted by Crippen LogP contribution is -2.14. The Hall–Kier alpha value is -2.56. The van der Waals surface area contributed by atoms with Gasteiger partial charge < -0.3 is 14.2 Å². The normalized spacial score (nSPS) is 13.3. The summed E-state index contributed by atoms with van der Waals surface area (Å²) in [7, 11) is 4.18. The largest absolute Gasteiger partial charge is 0.488 e. The molecule has 1 aliphatic heterocycles. The summed E-state index contributed by atoms with van der Waals surface area (Å²) in [6, 6.07) is 14.3. The minimum atomic E-state index is 0.527. The van der Waals surface area contributed by atoms with E-state index in [9.17, 15) is 0 Å². The molecule has 3 aromatic rings. The average Bonchev–Trinajstić information content (AvgIpc) is 3.10. The molecule has 0 unspecified atom stereocenters. The monoisotopic (exact) mass is 379 g/mol. The maximum absolute atomic E-state index is 6.14. The molecule has 5 heteroatoms. The fraction of sp³-hybridized carbons (Fsp3) is 0.227. The molecule has 4 nitrogen and oxygen atoms in total. The van der Waals surface area contributed by atoms with Crippen LogP contribution in [0, 0.1) is 0 Å². The second-order valence-electron chi connectivity index (χ2n) is 7.05. The minimum absolute atomic E-state index is 0.527. The predicted octanol–water partition coefficient (Wildman–Crippen LogP) is 4.58. The van der Waals surface area contributed by atoms with Crippen LogP contribution in [0.15, 0.2) is 55.0 Å². The lowest BCUT2D eigenvalue weighted by atomic mass is 10.0. The van der Waals surface area contributed by atoms with Crippen molar-refractivity contribution in [2.45, 2.75) is 13.1 Å². The molecule has 0 N–H and O–H groups in total. The first kappa shape index (κ1) is 17.8. The molecule has 0 amide bonds. The van der Waals surface area contributed by atoms with Gasteiger partial charge in [-0.3, -0.25) is 0 Å².